The second kappa shape index (κ2) is 6.77. The van der Waals surface area contributed by atoms with E-state index < -0.39 is 0 Å². The number of benzene rings is 4. The summed E-state index contributed by atoms with van der Waals surface area (Å²) in [5, 5.41) is 13.2. The minimum atomic E-state index is 0.423. The van der Waals surface area contributed by atoms with Gasteiger partial charge < -0.3 is 5.41 Å². The number of fused-ring (bicyclic) bond motifs is 3. The van der Waals surface area contributed by atoms with Crippen LogP contribution in [0.1, 0.15) is 11.1 Å². The first-order valence-electron chi connectivity index (χ1n) is 8.50. The van der Waals surface area contributed by atoms with E-state index in [1.165, 1.54) is 16.2 Å². The third-order valence-corrected chi connectivity index (χ3v) is 4.58. The van der Waals surface area contributed by atoms with Crippen LogP contribution < -0.4 is 0 Å². The van der Waals surface area contributed by atoms with Gasteiger partial charge in [-0.2, -0.15) is 0 Å². The van der Waals surface area contributed by atoms with Crippen LogP contribution >= 0.6 is 0 Å². The Morgan fingerprint density at radius 1 is 0.731 bits per heavy atom. The molecule has 26 heavy (non-hydrogen) atoms. The van der Waals surface area contributed by atoms with Gasteiger partial charge in [-0.05, 0) is 46.0 Å². The molecule has 2 heteroatoms. The lowest BCUT2D eigenvalue weighted by Gasteiger charge is -2.08. The van der Waals surface area contributed by atoms with Crippen molar-refractivity contribution in [3.8, 4) is 0 Å². The number of hydrogen-bond donors (Lipinski definition) is 1. The fraction of sp³-hybridized carbons (Fsp3) is 0. The van der Waals surface area contributed by atoms with Crippen LogP contribution in [0.3, 0.4) is 0 Å². The predicted octanol–water partition coefficient (Wildman–Crippen LogP) is 6.10. The summed E-state index contributed by atoms with van der Waals surface area (Å²) in [4.78, 5) is 4.16. The number of nitrogens with zero attached hydrogens (tertiary/aromatic N) is 1. The van der Waals surface area contributed by atoms with Gasteiger partial charge in [0.25, 0.3) is 0 Å². The van der Waals surface area contributed by atoms with Crippen LogP contribution in [-0.2, 0) is 0 Å². The van der Waals surface area contributed by atoms with Crippen LogP contribution in [0.4, 0.5) is 0 Å². The molecule has 4 rings (SSSR count). The van der Waals surface area contributed by atoms with E-state index in [4.69, 9.17) is 5.41 Å². The second-order valence-corrected chi connectivity index (χ2v) is 6.19. The summed E-state index contributed by atoms with van der Waals surface area (Å²) in [5.41, 5.74) is 2.95. The Kier molecular flexibility index (Phi) is 4.16. The molecule has 0 radical (unpaired) electrons. The Morgan fingerprint density at radius 3 is 2.23 bits per heavy atom. The molecule has 0 spiro atoms. The van der Waals surface area contributed by atoms with E-state index in [9.17, 15) is 0 Å². The van der Waals surface area contributed by atoms with Gasteiger partial charge in [0.05, 0.1) is 11.4 Å². The Hall–Kier alpha value is -3.52. The summed E-state index contributed by atoms with van der Waals surface area (Å²) in [7, 11) is 0. The highest BCUT2D eigenvalue weighted by molar-refractivity contribution is 6.11. The number of rotatable bonds is 4. The molecule has 1 N–H and O–H groups in total. The van der Waals surface area contributed by atoms with Crippen LogP contribution in [0.15, 0.2) is 96.0 Å². The smallest absolute Gasteiger partial charge is 0.0716 e. The van der Waals surface area contributed by atoms with Crippen molar-refractivity contribution in [1.29, 1.82) is 5.41 Å². The molecule has 0 aliphatic carbocycles. The standard InChI is InChI=1S/C24H18N2/c1-26-24(16-23(25)18-8-3-2-4-9-18)20-13-14-22-19(15-20)12-11-17-7-5-6-10-21(17)22/h2-16,25H,1H2/b24-16-,25-23?. The van der Waals surface area contributed by atoms with Crippen LogP contribution in [0.2, 0.25) is 0 Å². The molecule has 0 aliphatic rings. The van der Waals surface area contributed by atoms with Gasteiger partial charge >= 0.3 is 0 Å². The Balaban J connectivity index is 1.79. The first-order chi connectivity index (χ1) is 12.8. The molecule has 4 aromatic carbocycles. The molecular weight excluding hydrogens is 316 g/mol. The number of allylic oxidation sites excluding steroid dienone is 1. The molecule has 0 saturated heterocycles. The van der Waals surface area contributed by atoms with E-state index in [0.717, 1.165) is 16.5 Å². The van der Waals surface area contributed by atoms with Crippen molar-refractivity contribution in [3.05, 3.63) is 102 Å². The van der Waals surface area contributed by atoms with Gasteiger partial charge in [0.15, 0.2) is 0 Å². The zero-order valence-corrected chi connectivity index (χ0v) is 14.3. The normalized spacial score (nSPS) is 11.6. The lowest BCUT2D eigenvalue weighted by Crippen LogP contribution is -1.95. The molecule has 0 amide bonds. The van der Waals surface area contributed by atoms with Crippen molar-refractivity contribution in [2.45, 2.75) is 0 Å². The maximum absolute atomic E-state index is 8.32. The number of aliphatic imine (C=N–C) groups is 1. The third kappa shape index (κ3) is 2.93. The zero-order chi connectivity index (χ0) is 17.9. The SMILES string of the molecule is C=N/C(=C\C(=N)c1ccccc1)c1ccc2c(ccc3ccccc32)c1. The molecule has 0 bridgehead atoms. The van der Waals surface area contributed by atoms with Gasteiger partial charge in [-0.15, -0.1) is 0 Å². The van der Waals surface area contributed by atoms with Crippen molar-refractivity contribution >= 4 is 39.7 Å². The first-order valence-corrected chi connectivity index (χ1v) is 8.50. The molecule has 0 atom stereocenters. The van der Waals surface area contributed by atoms with Crippen molar-refractivity contribution in [3.63, 3.8) is 0 Å². The number of hydrogen-bond acceptors (Lipinski definition) is 2. The predicted molar refractivity (Wildman–Crippen MR) is 112 cm³/mol. The second-order valence-electron chi connectivity index (χ2n) is 6.19. The van der Waals surface area contributed by atoms with Crippen molar-refractivity contribution < 1.29 is 0 Å². The molecule has 4 aromatic rings. The minimum absolute atomic E-state index is 0.423. The molecule has 124 valence electrons. The fourth-order valence-corrected chi connectivity index (χ4v) is 3.23. The Labute approximate surface area is 152 Å². The quantitative estimate of drug-likeness (QED) is 0.346. The lowest BCUT2D eigenvalue weighted by molar-refractivity contribution is 1.48. The highest BCUT2D eigenvalue weighted by Gasteiger charge is 2.06. The van der Waals surface area contributed by atoms with E-state index in [-0.39, 0.29) is 0 Å². The van der Waals surface area contributed by atoms with E-state index in [0.29, 0.717) is 11.4 Å². The summed E-state index contributed by atoms with van der Waals surface area (Å²) >= 11 is 0. The average Bonchev–Trinajstić information content (AvgIpc) is 2.72. The van der Waals surface area contributed by atoms with Crippen LogP contribution in [0.25, 0.3) is 27.2 Å². The fourth-order valence-electron chi connectivity index (χ4n) is 3.23. The summed E-state index contributed by atoms with van der Waals surface area (Å²) in [6, 6.07) is 28.6. The van der Waals surface area contributed by atoms with E-state index >= 15 is 0 Å². The summed E-state index contributed by atoms with van der Waals surface area (Å²) < 4.78 is 0. The summed E-state index contributed by atoms with van der Waals surface area (Å²) in [5.74, 6) is 0. The van der Waals surface area contributed by atoms with Crippen LogP contribution in [-0.4, -0.2) is 12.4 Å². The Morgan fingerprint density at radius 2 is 1.42 bits per heavy atom. The highest BCUT2D eigenvalue weighted by Crippen LogP contribution is 2.28. The molecule has 0 heterocycles. The topological polar surface area (TPSA) is 36.2 Å². The van der Waals surface area contributed by atoms with Gasteiger partial charge in [-0.1, -0.05) is 78.9 Å². The largest absolute Gasteiger partial charge is 0.300 e. The highest BCUT2D eigenvalue weighted by atomic mass is 14.7. The Bertz CT molecular complexity index is 1150. The van der Waals surface area contributed by atoms with Gasteiger partial charge in [-0.3, -0.25) is 4.99 Å². The molecule has 0 unspecified atom stereocenters. The van der Waals surface area contributed by atoms with Crippen molar-refractivity contribution in [2.24, 2.45) is 4.99 Å². The maximum atomic E-state index is 8.32. The van der Waals surface area contributed by atoms with Crippen LogP contribution in [0, 0.1) is 5.41 Å². The molecule has 2 nitrogen and oxygen atoms in total. The maximum Gasteiger partial charge on any atom is 0.0716 e. The van der Waals surface area contributed by atoms with E-state index in [2.05, 4.69) is 60.2 Å². The zero-order valence-electron chi connectivity index (χ0n) is 14.3. The molecule has 0 aliphatic heterocycles. The molecule has 0 fully saturated rings. The third-order valence-electron chi connectivity index (χ3n) is 4.58. The minimum Gasteiger partial charge on any atom is -0.300 e. The molecule has 0 saturated carbocycles. The van der Waals surface area contributed by atoms with Gasteiger partial charge in [0, 0.05) is 5.56 Å². The molecular formula is C24H18N2. The van der Waals surface area contributed by atoms with Crippen LogP contribution in [0.5, 0.6) is 0 Å². The summed E-state index contributed by atoms with van der Waals surface area (Å²) in [6.45, 7) is 3.70. The van der Waals surface area contributed by atoms with Gasteiger partial charge in [0.2, 0.25) is 0 Å². The van der Waals surface area contributed by atoms with Gasteiger partial charge in [-0.25, -0.2) is 0 Å². The number of nitrogens with one attached hydrogen (secondary N) is 1. The summed E-state index contributed by atoms with van der Waals surface area (Å²) in [6.07, 6.45) is 1.77. The average molecular weight is 334 g/mol. The van der Waals surface area contributed by atoms with Crippen molar-refractivity contribution in [2.75, 3.05) is 0 Å². The molecule has 0 aromatic heterocycles. The monoisotopic (exact) mass is 334 g/mol. The van der Waals surface area contributed by atoms with Gasteiger partial charge in [0.1, 0.15) is 0 Å². The lowest BCUT2D eigenvalue weighted by atomic mass is 9.98. The first kappa shape index (κ1) is 16.0. The van der Waals surface area contributed by atoms with E-state index in [1.54, 1.807) is 6.08 Å². The van der Waals surface area contributed by atoms with Crippen molar-refractivity contribution in [1.82, 2.24) is 0 Å². The van der Waals surface area contributed by atoms with E-state index in [1.807, 2.05) is 36.4 Å².